The van der Waals surface area contributed by atoms with Crippen LogP contribution in [0.4, 0.5) is 20.3 Å². The summed E-state index contributed by atoms with van der Waals surface area (Å²) < 4.78 is 35.9. The van der Waals surface area contributed by atoms with Gasteiger partial charge in [-0.1, -0.05) is 0 Å². The van der Waals surface area contributed by atoms with Crippen LogP contribution in [-0.4, -0.2) is 47.5 Å². The molecule has 0 aliphatic carbocycles. The number of pyridine rings is 1. The van der Waals surface area contributed by atoms with Crippen molar-refractivity contribution in [1.82, 2.24) is 34.5 Å². The molecule has 12 heteroatoms. The number of nitrogens with one attached hydrogen (secondary N) is 1. The highest BCUT2D eigenvalue weighted by Gasteiger charge is 2.35. The molecule has 5 aromatic rings. The lowest BCUT2D eigenvalue weighted by Crippen LogP contribution is -2.12. The third-order valence-electron chi connectivity index (χ3n) is 6.69. The van der Waals surface area contributed by atoms with E-state index in [1.807, 2.05) is 60.9 Å². The van der Waals surface area contributed by atoms with E-state index in [-0.39, 0.29) is 18.7 Å². The highest BCUT2D eigenvalue weighted by Crippen LogP contribution is 2.38. The Labute approximate surface area is 221 Å². The lowest BCUT2D eigenvalue weighted by atomic mass is 10.0. The van der Waals surface area contributed by atoms with Gasteiger partial charge >= 0.3 is 0 Å². The van der Waals surface area contributed by atoms with Gasteiger partial charge in [-0.3, -0.25) is 4.57 Å². The number of aryl methyl sites for hydroxylation is 2. The molecule has 6 rings (SSSR count). The molecule has 1 aliphatic heterocycles. The molecule has 0 spiro atoms. The van der Waals surface area contributed by atoms with Gasteiger partial charge in [-0.25, -0.2) is 23.4 Å². The molecule has 0 amide bonds. The number of rotatable bonds is 6. The number of anilines is 2. The number of halogens is 2. The first kappa shape index (κ1) is 24.6. The SMILES string of the molecule is Cc1ccc(Nc2ccc3c(c2)ncn3-c2ccc([C@@H]3C[C@H](C(F)F)CO3)c(-n3nc(C#N)cc3C)n2)nn1. The smallest absolute Gasteiger partial charge is 0.243 e. The fraction of sp³-hybridized carbons (Fsp3) is 0.259. The Bertz CT molecular complexity index is 1710. The number of nitrogens with zero attached hydrogens (tertiary/aromatic N) is 8. The van der Waals surface area contributed by atoms with Crippen LogP contribution in [0.25, 0.3) is 22.7 Å². The number of imidazole rings is 1. The number of nitriles is 1. The molecule has 10 nitrogen and oxygen atoms in total. The quantitative estimate of drug-likeness (QED) is 0.329. The number of alkyl halides is 2. The summed E-state index contributed by atoms with van der Waals surface area (Å²) in [7, 11) is 0. The summed E-state index contributed by atoms with van der Waals surface area (Å²) in [6, 6.07) is 16.8. The molecule has 0 unspecified atom stereocenters. The summed E-state index contributed by atoms with van der Waals surface area (Å²) in [5, 5.41) is 25.2. The Balaban J connectivity index is 1.38. The van der Waals surface area contributed by atoms with E-state index >= 15 is 0 Å². The summed E-state index contributed by atoms with van der Waals surface area (Å²) >= 11 is 0. The molecule has 1 N–H and O–H groups in total. The first-order valence-corrected chi connectivity index (χ1v) is 12.3. The molecule has 0 saturated carbocycles. The zero-order valence-electron chi connectivity index (χ0n) is 21.1. The average Bonchev–Trinajstić information content (AvgIpc) is 3.68. The Morgan fingerprint density at radius 1 is 1.10 bits per heavy atom. The number of benzene rings is 1. The van der Waals surface area contributed by atoms with Crippen molar-refractivity contribution >= 4 is 22.5 Å². The van der Waals surface area contributed by atoms with Crippen molar-refractivity contribution in [1.29, 1.82) is 5.26 Å². The normalized spacial score (nSPS) is 17.1. The standard InChI is InChI=1S/C27H23F2N9O/c1-15-3-7-24(35-34-15)32-18-4-6-22-21(11-18)31-14-37(22)25-8-5-20(23-10-17(13-39-23)26(28)29)27(33-25)38-16(2)9-19(12-30)36-38/h3-9,11,14,17,23,26H,10,13H2,1-2H3,(H,32,35)/t17-,23-/m0/s1. The minimum Gasteiger partial charge on any atom is -0.373 e. The molecule has 0 radical (unpaired) electrons. The maximum absolute atomic E-state index is 13.4. The molecule has 4 aromatic heterocycles. The van der Waals surface area contributed by atoms with Gasteiger partial charge in [0.15, 0.2) is 17.3 Å². The Hall–Kier alpha value is -4.76. The maximum Gasteiger partial charge on any atom is 0.243 e. The van der Waals surface area contributed by atoms with Crippen LogP contribution in [0.15, 0.2) is 54.9 Å². The summed E-state index contributed by atoms with van der Waals surface area (Å²) in [5.74, 6) is 0.751. The minimum absolute atomic E-state index is 0.0260. The highest BCUT2D eigenvalue weighted by atomic mass is 19.3. The van der Waals surface area contributed by atoms with E-state index in [4.69, 9.17) is 9.72 Å². The van der Waals surface area contributed by atoms with Crippen LogP contribution in [0, 0.1) is 31.1 Å². The van der Waals surface area contributed by atoms with Crippen LogP contribution in [0.1, 0.15) is 35.2 Å². The molecule has 196 valence electrons. The van der Waals surface area contributed by atoms with Gasteiger partial charge in [-0.15, -0.1) is 5.10 Å². The van der Waals surface area contributed by atoms with E-state index in [0.29, 0.717) is 28.7 Å². The van der Waals surface area contributed by atoms with Crippen molar-refractivity contribution in [3.05, 3.63) is 77.5 Å². The van der Waals surface area contributed by atoms with E-state index in [1.54, 1.807) is 23.1 Å². The van der Waals surface area contributed by atoms with Gasteiger partial charge in [0.1, 0.15) is 18.2 Å². The third-order valence-corrected chi connectivity index (χ3v) is 6.69. The van der Waals surface area contributed by atoms with Gasteiger partial charge in [0.05, 0.1) is 29.4 Å². The second kappa shape index (κ2) is 9.85. The van der Waals surface area contributed by atoms with E-state index in [0.717, 1.165) is 22.4 Å². The molecule has 2 atom stereocenters. The number of hydrogen-bond donors (Lipinski definition) is 1. The van der Waals surface area contributed by atoms with Crippen molar-refractivity contribution in [3.8, 4) is 17.7 Å². The van der Waals surface area contributed by atoms with Crippen molar-refractivity contribution in [3.63, 3.8) is 0 Å². The highest BCUT2D eigenvalue weighted by molar-refractivity contribution is 5.82. The second-order valence-electron chi connectivity index (χ2n) is 9.43. The van der Waals surface area contributed by atoms with Gasteiger partial charge in [0.2, 0.25) is 6.43 Å². The van der Waals surface area contributed by atoms with Gasteiger partial charge in [0.25, 0.3) is 0 Å². The number of fused-ring (bicyclic) bond motifs is 1. The summed E-state index contributed by atoms with van der Waals surface area (Å²) in [6.07, 6.45) is -1.18. The largest absolute Gasteiger partial charge is 0.373 e. The average molecular weight is 528 g/mol. The Kier molecular flexibility index (Phi) is 6.20. The van der Waals surface area contributed by atoms with E-state index < -0.39 is 18.4 Å². The number of ether oxygens (including phenoxy) is 1. The molecular formula is C27H23F2N9O. The second-order valence-corrected chi connectivity index (χ2v) is 9.43. The van der Waals surface area contributed by atoms with Gasteiger partial charge < -0.3 is 10.1 Å². The van der Waals surface area contributed by atoms with Crippen molar-refractivity contribution in [2.45, 2.75) is 32.8 Å². The monoisotopic (exact) mass is 527 g/mol. The van der Waals surface area contributed by atoms with Gasteiger partial charge in [0, 0.05) is 22.9 Å². The van der Waals surface area contributed by atoms with Crippen LogP contribution in [0.3, 0.4) is 0 Å². The lowest BCUT2D eigenvalue weighted by Gasteiger charge is -2.17. The summed E-state index contributed by atoms with van der Waals surface area (Å²) in [5.41, 5.74) is 4.72. The van der Waals surface area contributed by atoms with E-state index in [9.17, 15) is 14.0 Å². The van der Waals surface area contributed by atoms with Crippen LogP contribution < -0.4 is 5.32 Å². The maximum atomic E-state index is 13.4. The van der Waals surface area contributed by atoms with Crippen LogP contribution in [0.2, 0.25) is 0 Å². The topological polar surface area (TPSA) is 119 Å². The molecule has 5 heterocycles. The van der Waals surface area contributed by atoms with Gasteiger partial charge in [-0.05, 0) is 68.8 Å². The Morgan fingerprint density at radius 2 is 1.97 bits per heavy atom. The minimum atomic E-state index is -2.46. The first-order chi connectivity index (χ1) is 18.9. The molecular weight excluding hydrogens is 504 g/mol. The molecule has 1 aliphatic rings. The van der Waals surface area contributed by atoms with Crippen molar-refractivity contribution in [2.75, 3.05) is 11.9 Å². The Morgan fingerprint density at radius 3 is 2.69 bits per heavy atom. The summed E-state index contributed by atoms with van der Waals surface area (Å²) in [6.45, 7) is 3.66. The number of hydrogen-bond acceptors (Lipinski definition) is 8. The first-order valence-electron chi connectivity index (χ1n) is 12.3. The zero-order chi connectivity index (χ0) is 27.1. The molecule has 1 aromatic carbocycles. The third kappa shape index (κ3) is 4.68. The van der Waals surface area contributed by atoms with E-state index in [1.165, 1.54) is 0 Å². The predicted octanol–water partition coefficient (Wildman–Crippen LogP) is 4.97. The number of aromatic nitrogens is 7. The predicted molar refractivity (Wildman–Crippen MR) is 138 cm³/mol. The molecule has 1 fully saturated rings. The van der Waals surface area contributed by atoms with E-state index in [2.05, 4.69) is 25.6 Å². The molecule has 1 saturated heterocycles. The van der Waals surface area contributed by atoms with Crippen molar-refractivity contribution in [2.24, 2.45) is 5.92 Å². The molecule has 0 bridgehead atoms. The van der Waals surface area contributed by atoms with Crippen LogP contribution >= 0.6 is 0 Å². The fourth-order valence-corrected chi connectivity index (χ4v) is 4.68. The van der Waals surface area contributed by atoms with Crippen LogP contribution in [-0.2, 0) is 4.74 Å². The van der Waals surface area contributed by atoms with Crippen molar-refractivity contribution < 1.29 is 13.5 Å². The summed E-state index contributed by atoms with van der Waals surface area (Å²) in [4.78, 5) is 9.42. The van der Waals surface area contributed by atoms with Crippen LogP contribution in [0.5, 0.6) is 0 Å². The zero-order valence-corrected chi connectivity index (χ0v) is 21.1. The van der Waals surface area contributed by atoms with Gasteiger partial charge in [-0.2, -0.15) is 15.5 Å². The lowest BCUT2D eigenvalue weighted by molar-refractivity contribution is 0.0579. The molecule has 39 heavy (non-hydrogen) atoms. The fourth-order valence-electron chi connectivity index (χ4n) is 4.68.